The lowest BCUT2D eigenvalue weighted by molar-refractivity contribution is 0.148. The van der Waals surface area contributed by atoms with Crippen molar-refractivity contribution in [2.45, 2.75) is 40.5 Å². The first-order valence-corrected chi connectivity index (χ1v) is 7.08. The van der Waals surface area contributed by atoms with Crippen molar-refractivity contribution in [2.75, 3.05) is 18.5 Å². The van der Waals surface area contributed by atoms with Gasteiger partial charge in [0.05, 0.1) is 0 Å². The Labute approximate surface area is 121 Å². The molecule has 0 radical (unpaired) electrons. The molecule has 112 valence electrons. The molecule has 4 nitrogen and oxygen atoms in total. The number of nitrogens with one attached hydrogen (secondary N) is 2. The third kappa shape index (κ3) is 5.21. The summed E-state index contributed by atoms with van der Waals surface area (Å²) in [6.07, 6.45) is 1.74. The lowest BCUT2D eigenvalue weighted by Crippen LogP contribution is -2.31. The van der Waals surface area contributed by atoms with E-state index in [1.165, 1.54) is 0 Å². The monoisotopic (exact) mass is 278 g/mol. The number of hydrogen-bond donors (Lipinski definition) is 3. The molecule has 1 aromatic carbocycles. The maximum absolute atomic E-state index is 11.8. The smallest absolute Gasteiger partial charge is 0.319 e. The van der Waals surface area contributed by atoms with E-state index in [0.29, 0.717) is 6.54 Å². The average molecular weight is 278 g/mol. The van der Waals surface area contributed by atoms with Crippen molar-refractivity contribution in [2.24, 2.45) is 5.41 Å². The van der Waals surface area contributed by atoms with E-state index in [1.54, 1.807) is 0 Å². The fourth-order valence-corrected chi connectivity index (χ4v) is 2.02. The van der Waals surface area contributed by atoms with Crippen LogP contribution in [-0.4, -0.2) is 24.3 Å². The molecule has 20 heavy (non-hydrogen) atoms. The molecule has 3 N–H and O–H groups in total. The first-order valence-electron chi connectivity index (χ1n) is 7.08. The summed E-state index contributed by atoms with van der Waals surface area (Å²) in [5.74, 6) is 0. The fraction of sp³-hybridized carbons (Fsp3) is 0.562. The first-order chi connectivity index (χ1) is 9.35. The van der Waals surface area contributed by atoms with Gasteiger partial charge in [-0.25, -0.2) is 4.79 Å². The molecule has 0 fully saturated rings. The number of aryl methyl sites for hydroxylation is 2. The zero-order chi connectivity index (χ0) is 15.2. The van der Waals surface area contributed by atoms with Crippen molar-refractivity contribution in [3.05, 3.63) is 29.3 Å². The summed E-state index contributed by atoms with van der Waals surface area (Å²) in [5.41, 5.74) is 2.91. The van der Waals surface area contributed by atoms with E-state index in [-0.39, 0.29) is 18.1 Å². The highest BCUT2D eigenvalue weighted by molar-refractivity contribution is 5.90. The minimum Gasteiger partial charge on any atom is -0.396 e. The largest absolute Gasteiger partial charge is 0.396 e. The molecule has 0 saturated carbocycles. The number of hydrogen-bond acceptors (Lipinski definition) is 2. The summed E-state index contributed by atoms with van der Waals surface area (Å²) >= 11 is 0. The second-order valence-corrected chi connectivity index (χ2v) is 6.07. The van der Waals surface area contributed by atoms with Crippen LogP contribution < -0.4 is 10.6 Å². The minimum atomic E-state index is -0.177. The molecule has 0 aliphatic carbocycles. The molecule has 0 saturated heterocycles. The number of anilines is 1. The SMILES string of the molecule is Cc1cccc(C)c1NC(=O)NCCCC(C)(C)CO. The van der Waals surface area contributed by atoms with Crippen LogP contribution in [0.25, 0.3) is 0 Å². The Kier molecular flexibility index (Phi) is 6.02. The maximum Gasteiger partial charge on any atom is 0.319 e. The van der Waals surface area contributed by atoms with Crippen LogP contribution in [-0.2, 0) is 0 Å². The van der Waals surface area contributed by atoms with Gasteiger partial charge in [-0.1, -0.05) is 32.0 Å². The van der Waals surface area contributed by atoms with Crippen LogP contribution in [0.15, 0.2) is 18.2 Å². The standard InChI is InChI=1S/C16H26N2O2/c1-12-7-5-8-13(2)14(12)18-15(20)17-10-6-9-16(3,4)11-19/h5,7-8,19H,6,9-11H2,1-4H3,(H2,17,18,20). The van der Waals surface area contributed by atoms with Gasteiger partial charge >= 0.3 is 6.03 Å². The van der Waals surface area contributed by atoms with E-state index >= 15 is 0 Å². The van der Waals surface area contributed by atoms with E-state index in [2.05, 4.69) is 10.6 Å². The fourth-order valence-electron chi connectivity index (χ4n) is 2.02. The number of carbonyl (C=O) groups is 1. The van der Waals surface area contributed by atoms with Crippen LogP contribution in [0, 0.1) is 19.3 Å². The highest BCUT2D eigenvalue weighted by Crippen LogP contribution is 2.21. The quantitative estimate of drug-likeness (QED) is 0.700. The summed E-state index contributed by atoms with van der Waals surface area (Å²) in [6.45, 7) is 8.77. The Morgan fingerprint density at radius 2 is 1.85 bits per heavy atom. The van der Waals surface area contributed by atoms with Crippen LogP contribution >= 0.6 is 0 Å². The van der Waals surface area contributed by atoms with Gasteiger partial charge in [0.1, 0.15) is 0 Å². The van der Waals surface area contributed by atoms with Crippen molar-refractivity contribution in [1.29, 1.82) is 0 Å². The molecule has 0 aliphatic rings. The normalized spacial score (nSPS) is 11.2. The van der Waals surface area contributed by atoms with Crippen LogP contribution in [0.3, 0.4) is 0 Å². The summed E-state index contributed by atoms with van der Waals surface area (Å²) in [6, 6.07) is 5.76. The summed E-state index contributed by atoms with van der Waals surface area (Å²) in [5, 5.41) is 14.9. The summed E-state index contributed by atoms with van der Waals surface area (Å²) in [7, 11) is 0. The second-order valence-electron chi connectivity index (χ2n) is 6.07. The van der Waals surface area contributed by atoms with Gasteiger partial charge in [-0.15, -0.1) is 0 Å². The molecule has 0 atom stereocenters. The number of urea groups is 1. The van der Waals surface area contributed by atoms with Crippen molar-refractivity contribution < 1.29 is 9.90 Å². The number of aliphatic hydroxyl groups is 1. The number of para-hydroxylation sites is 1. The lowest BCUT2D eigenvalue weighted by Gasteiger charge is -2.21. The minimum absolute atomic E-state index is 0.0786. The van der Waals surface area contributed by atoms with Crippen LogP contribution in [0.1, 0.15) is 37.8 Å². The van der Waals surface area contributed by atoms with Gasteiger partial charge in [-0.2, -0.15) is 0 Å². The third-order valence-corrected chi connectivity index (χ3v) is 3.46. The van der Waals surface area contributed by atoms with E-state index in [9.17, 15) is 4.79 Å². The molecule has 1 rings (SSSR count). The number of carbonyl (C=O) groups excluding carboxylic acids is 1. The van der Waals surface area contributed by atoms with Gasteiger partial charge in [0.15, 0.2) is 0 Å². The predicted molar refractivity (Wildman–Crippen MR) is 83.0 cm³/mol. The van der Waals surface area contributed by atoms with Crippen molar-refractivity contribution in [3.8, 4) is 0 Å². The summed E-state index contributed by atoms with van der Waals surface area (Å²) in [4.78, 5) is 11.8. The molecule has 1 aromatic rings. The van der Waals surface area contributed by atoms with Crippen LogP contribution in [0.4, 0.5) is 10.5 Å². The van der Waals surface area contributed by atoms with Crippen LogP contribution in [0.2, 0.25) is 0 Å². The highest BCUT2D eigenvalue weighted by atomic mass is 16.3. The molecule has 0 heterocycles. The molecule has 0 spiro atoms. The van der Waals surface area contributed by atoms with Crippen molar-refractivity contribution >= 4 is 11.7 Å². The van der Waals surface area contributed by atoms with Crippen molar-refractivity contribution in [3.63, 3.8) is 0 Å². The van der Waals surface area contributed by atoms with E-state index in [0.717, 1.165) is 29.7 Å². The number of benzene rings is 1. The first kappa shape index (κ1) is 16.5. The molecular weight excluding hydrogens is 252 g/mol. The second kappa shape index (κ2) is 7.29. The van der Waals surface area contributed by atoms with Crippen LogP contribution in [0.5, 0.6) is 0 Å². The molecule has 0 bridgehead atoms. The number of amides is 2. The zero-order valence-electron chi connectivity index (χ0n) is 12.9. The average Bonchev–Trinajstić information content (AvgIpc) is 2.39. The lowest BCUT2D eigenvalue weighted by atomic mass is 9.89. The molecule has 0 aliphatic heterocycles. The molecule has 0 aromatic heterocycles. The third-order valence-electron chi connectivity index (χ3n) is 3.46. The van der Waals surface area contributed by atoms with Gasteiger partial charge in [0.25, 0.3) is 0 Å². The molecular formula is C16H26N2O2. The van der Waals surface area contributed by atoms with Gasteiger partial charge in [-0.05, 0) is 43.2 Å². The molecule has 4 heteroatoms. The molecule has 2 amide bonds. The zero-order valence-corrected chi connectivity index (χ0v) is 12.9. The maximum atomic E-state index is 11.8. The van der Waals surface area contributed by atoms with E-state index in [4.69, 9.17) is 5.11 Å². The predicted octanol–water partition coefficient (Wildman–Crippen LogP) is 3.22. The van der Waals surface area contributed by atoms with Gasteiger partial charge in [0.2, 0.25) is 0 Å². The highest BCUT2D eigenvalue weighted by Gasteiger charge is 2.15. The van der Waals surface area contributed by atoms with Crippen molar-refractivity contribution in [1.82, 2.24) is 5.32 Å². The van der Waals surface area contributed by atoms with E-state index in [1.807, 2.05) is 45.9 Å². The molecule has 0 unspecified atom stereocenters. The Morgan fingerprint density at radius 3 is 2.40 bits per heavy atom. The Bertz CT molecular complexity index is 436. The Balaban J connectivity index is 2.38. The summed E-state index contributed by atoms with van der Waals surface area (Å²) < 4.78 is 0. The number of rotatable bonds is 6. The number of aliphatic hydroxyl groups excluding tert-OH is 1. The van der Waals surface area contributed by atoms with Gasteiger partial charge < -0.3 is 15.7 Å². The van der Waals surface area contributed by atoms with Gasteiger partial charge in [0, 0.05) is 18.8 Å². The Hall–Kier alpha value is -1.55. The van der Waals surface area contributed by atoms with Gasteiger partial charge in [-0.3, -0.25) is 0 Å². The topological polar surface area (TPSA) is 61.4 Å². The Morgan fingerprint density at radius 1 is 1.25 bits per heavy atom. The van der Waals surface area contributed by atoms with E-state index < -0.39 is 0 Å².